The fraction of sp³-hybridized carbons (Fsp3) is 0.422. The average Bonchev–Trinajstić information content (AvgIpc) is 3.30. The topological polar surface area (TPSA) is 263 Å². The highest BCUT2D eigenvalue weighted by Crippen LogP contribution is 2.29. The molecule has 6 rings (SSSR count). The van der Waals surface area contributed by atoms with Gasteiger partial charge in [-0.15, -0.1) is 0 Å². The van der Waals surface area contributed by atoms with Gasteiger partial charge in [0.2, 0.25) is 12.6 Å². The van der Waals surface area contributed by atoms with Crippen molar-refractivity contribution in [3.05, 3.63) is 108 Å². The summed E-state index contributed by atoms with van der Waals surface area (Å²) in [5.41, 5.74) is 4.18. The van der Waals surface area contributed by atoms with Crippen LogP contribution in [0.4, 0.5) is 0 Å². The van der Waals surface area contributed by atoms with E-state index >= 15 is 0 Å². The fourth-order valence-electron chi connectivity index (χ4n) is 6.90. The van der Waals surface area contributed by atoms with E-state index in [1.54, 1.807) is 84.9 Å². The van der Waals surface area contributed by atoms with Gasteiger partial charge in [-0.2, -0.15) is 0 Å². The summed E-state index contributed by atoms with van der Waals surface area (Å²) in [7, 11) is 0. The summed E-state index contributed by atoms with van der Waals surface area (Å²) >= 11 is 0. The molecule has 0 aromatic heterocycles. The van der Waals surface area contributed by atoms with E-state index in [2.05, 4.69) is 5.32 Å². The first-order chi connectivity index (χ1) is 30.0. The molecule has 0 spiro atoms. The molecule has 4 aromatic carbocycles. The molecule has 2 aliphatic rings. The molecule has 0 aliphatic carbocycles. The third-order valence-corrected chi connectivity index (χ3v) is 10.5. The highest BCUT2D eigenvalue weighted by Gasteiger charge is 2.45. The second-order valence-electron chi connectivity index (χ2n) is 14.8. The summed E-state index contributed by atoms with van der Waals surface area (Å²) < 4.78 is 33.4. The number of Topliss-reactive ketones (excluding diaryl/α,β-unsaturated/α-hetero) is 1. The highest BCUT2D eigenvalue weighted by atomic mass is 16.7. The molecule has 0 bridgehead atoms. The van der Waals surface area contributed by atoms with E-state index in [9.17, 15) is 50.4 Å². The molecule has 1 amide bonds. The summed E-state index contributed by atoms with van der Waals surface area (Å²) in [5, 5.41) is 82.1. The molecule has 0 radical (unpaired) electrons. The zero-order valence-corrected chi connectivity index (χ0v) is 33.7. The summed E-state index contributed by atoms with van der Waals surface area (Å²) in [6.45, 7) is 0.423. The van der Waals surface area contributed by atoms with E-state index in [0.29, 0.717) is 48.9 Å². The lowest BCUT2D eigenvalue weighted by Crippen LogP contribution is -2.60. The smallest absolute Gasteiger partial charge is 0.251 e. The van der Waals surface area contributed by atoms with E-state index in [1.165, 1.54) is 0 Å². The number of aliphatic hydroxyl groups is 8. The lowest BCUT2D eigenvalue weighted by atomic mass is 9.99. The van der Waals surface area contributed by atoms with Gasteiger partial charge in [-0.25, -0.2) is 0 Å². The van der Waals surface area contributed by atoms with Gasteiger partial charge in [0, 0.05) is 30.7 Å². The van der Waals surface area contributed by atoms with Crippen LogP contribution in [0, 0.1) is 0 Å². The van der Waals surface area contributed by atoms with E-state index < -0.39 is 74.6 Å². The van der Waals surface area contributed by atoms with Crippen molar-refractivity contribution in [1.82, 2.24) is 5.32 Å². The van der Waals surface area contributed by atoms with Crippen molar-refractivity contribution in [2.75, 3.05) is 46.2 Å². The van der Waals surface area contributed by atoms with Gasteiger partial charge < -0.3 is 74.6 Å². The van der Waals surface area contributed by atoms with Crippen molar-refractivity contribution in [2.45, 2.75) is 74.3 Å². The Hall–Kier alpha value is -4.86. The molecule has 9 N–H and O–H groups in total. The minimum Gasteiger partial charge on any atom is -0.462 e. The van der Waals surface area contributed by atoms with Gasteiger partial charge in [0.25, 0.3) is 5.91 Å². The molecule has 17 nitrogen and oxygen atoms in total. The number of carbonyl (C=O) groups is 2. The maximum absolute atomic E-state index is 12.9. The Morgan fingerprint density at radius 2 is 1.00 bits per heavy atom. The first-order valence-corrected chi connectivity index (χ1v) is 20.3. The molecule has 17 heteroatoms. The third-order valence-electron chi connectivity index (χ3n) is 10.5. The predicted octanol–water partition coefficient (Wildman–Crippen LogP) is 0.804. The number of hydrogen-bond acceptors (Lipinski definition) is 16. The van der Waals surface area contributed by atoms with Crippen molar-refractivity contribution in [2.24, 2.45) is 0 Å². The monoisotopic (exact) mass is 863 g/mol. The number of ether oxygens (including phenoxy) is 6. The van der Waals surface area contributed by atoms with Crippen molar-refractivity contribution in [3.8, 4) is 33.8 Å². The van der Waals surface area contributed by atoms with E-state index in [4.69, 9.17) is 28.4 Å². The Labute approximate surface area is 357 Å². The van der Waals surface area contributed by atoms with Crippen LogP contribution in [-0.2, 0) is 18.9 Å². The zero-order chi connectivity index (χ0) is 44.2. The molecule has 2 fully saturated rings. The number of ketones is 1. The van der Waals surface area contributed by atoms with Crippen LogP contribution >= 0.6 is 0 Å². The number of benzene rings is 4. The van der Waals surface area contributed by atoms with Gasteiger partial charge in [0.05, 0.1) is 33.0 Å². The van der Waals surface area contributed by atoms with Crippen LogP contribution in [0.15, 0.2) is 97.1 Å². The largest absolute Gasteiger partial charge is 0.462 e. The number of hydrogen-bond donors (Lipinski definition) is 9. The number of rotatable bonds is 20. The van der Waals surface area contributed by atoms with Crippen LogP contribution in [-0.4, -0.2) is 160 Å². The van der Waals surface area contributed by atoms with Gasteiger partial charge in [0.1, 0.15) is 60.3 Å². The first-order valence-electron chi connectivity index (χ1n) is 20.3. The maximum Gasteiger partial charge on any atom is 0.251 e. The first kappa shape index (κ1) is 46.6. The summed E-state index contributed by atoms with van der Waals surface area (Å²) in [6, 6.07) is 27.9. The van der Waals surface area contributed by atoms with Crippen molar-refractivity contribution in [3.63, 3.8) is 0 Å². The normalized spacial score (nSPS) is 26.1. The van der Waals surface area contributed by atoms with Crippen LogP contribution < -0.4 is 14.8 Å². The number of aliphatic hydroxyl groups excluding tert-OH is 8. The minimum absolute atomic E-state index is 0.0341. The molecular formula is C45H53NO16. The van der Waals surface area contributed by atoms with Gasteiger partial charge >= 0.3 is 0 Å². The number of amides is 1. The molecule has 4 aromatic rings. The van der Waals surface area contributed by atoms with Crippen molar-refractivity contribution < 1.29 is 78.9 Å². The predicted molar refractivity (Wildman–Crippen MR) is 220 cm³/mol. The minimum atomic E-state index is -1.55. The molecular weight excluding hydrogens is 810 g/mol. The number of carbonyl (C=O) groups excluding carboxylic acids is 2. The van der Waals surface area contributed by atoms with Gasteiger partial charge in [-0.1, -0.05) is 54.6 Å². The average molecular weight is 864 g/mol. The van der Waals surface area contributed by atoms with Crippen molar-refractivity contribution in [1.29, 1.82) is 0 Å². The quantitative estimate of drug-likeness (QED) is 0.0440. The lowest BCUT2D eigenvalue weighted by Gasteiger charge is -2.39. The lowest BCUT2D eigenvalue weighted by molar-refractivity contribution is -0.277. The van der Waals surface area contributed by atoms with Crippen LogP contribution in [0.2, 0.25) is 0 Å². The summed E-state index contributed by atoms with van der Waals surface area (Å²) in [6.07, 6.45) is -13.1. The molecule has 2 aliphatic heterocycles. The Morgan fingerprint density at radius 1 is 0.532 bits per heavy atom. The van der Waals surface area contributed by atoms with Crippen LogP contribution in [0.5, 0.6) is 11.5 Å². The molecule has 0 saturated carbocycles. The van der Waals surface area contributed by atoms with E-state index in [-0.39, 0.29) is 31.3 Å². The van der Waals surface area contributed by atoms with Gasteiger partial charge in [-0.3, -0.25) is 9.59 Å². The molecule has 0 unspecified atom stereocenters. The Balaban J connectivity index is 0.846. The molecule has 2 heterocycles. The SMILES string of the molecule is O=C(CCCOCCOCCNC(=O)c1cccc(-c2ccc(O[C@H]3O[C@H](CO)[C@@H](O)[C@H](O)[C@@H]3O)cc2)c1)c1cccc(-c2ccc(O[C@H]3O[C@H](CO)[C@@H](O)[C@H](O)[C@@H]3O)cc2)c1. The summed E-state index contributed by atoms with van der Waals surface area (Å²) in [5.74, 6) is 0.342. The Kier molecular flexibility index (Phi) is 16.9. The summed E-state index contributed by atoms with van der Waals surface area (Å²) in [4.78, 5) is 25.8. The maximum atomic E-state index is 12.9. The zero-order valence-electron chi connectivity index (χ0n) is 33.7. The van der Waals surface area contributed by atoms with Crippen LogP contribution in [0.1, 0.15) is 33.6 Å². The third kappa shape index (κ3) is 12.0. The standard InChI is InChI=1S/C45H53NO16/c47-24-35-37(50)39(52)41(54)44(61-35)59-32-13-9-26(10-14-32)28-4-1-6-30(22-28)34(49)8-3-18-57-20-21-58-19-17-46-43(56)31-7-2-5-29(23-31)27-11-15-33(16-12-27)60-45-42(55)40(53)38(51)36(25-48)62-45/h1-2,4-7,9-16,22-23,35-42,44-45,47-48,50-55H,3,8,17-21,24-25H2,(H,46,56)/t35-,36-,37-,38-,39+,40+,41+,42+,44+,45+/m1/s1. The van der Waals surface area contributed by atoms with Gasteiger partial charge in [-0.05, 0) is 71.1 Å². The van der Waals surface area contributed by atoms with Crippen LogP contribution in [0.25, 0.3) is 22.3 Å². The highest BCUT2D eigenvalue weighted by molar-refractivity contribution is 5.97. The van der Waals surface area contributed by atoms with Crippen LogP contribution in [0.3, 0.4) is 0 Å². The van der Waals surface area contributed by atoms with E-state index in [1.807, 2.05) is 12.1 Å². The molecule has 334 valence electrons. The second-order valence-corrected chi connectivity index (χ2v) is 14.8. The van der Waals surface area contributed by atoms with Crippen molar-refractivity contribution >= 4 is 11.7 Å². The molecule has 10 atom stereocenters. The second kappa shape index (κ2) is 22.5. The Morgan fingerprint density at radius 3 is 1.50 bits per heavy atom. The van der Waals surface area contributed by atoms with Gasteiger partial charge in [0.15, 0.2) is 5.78 Å². The molecule has 62 heavy (non-hydrogen) atoms. The van der Waals surface area contributed by atoms with E-state index in [0.717, 1.165) is 22.3 Å². The molecule has 2 saturated heterocycles. The fourth-order valence-corrected chi connectivity index (χ4v) is 6.90. The Bertz CT molecular complexity index is 1880. The number of nitrogens with one attached hydrogen (secondary N) is 1.